The Bertz CT molecular complexity index is 1010. The number of rotatable bonds is 4. The molecule has 4 rings (SSSR count). The molecule has 2 aromatic heterocycles. The van der Waals surface area contributed by atoms with Gasteiger partial charge in [0.05, 0.1) is 19.9 Å². The molecule has 5 nitrogen and oxygen atoms in total. The largest absolute Gasteiger partial charge is 0.497 e. The molecule has 6 heteroatoms. The Labute approximate surface area is 149 Å². The van der Waals surface area contributed by atoms with E-state index in [2.05, 4.69) is 15.1 Å². The van der Waals surface area contributed by atoms with Crippen LogP contribution < -0.4 is 4.74 Å². The topological polar surface area (TPSA) is 52.8 Å². The molecule has 0 unspecified atom stereocenters. The summed E-state index contributed by atoms with van der Waals surface area (Å²) in [5.41, 5.74) is 3.36. The predicted octanol–water partition coefficient (Wildman–Crippen LogP) is 4.20. The number of hydrogen-bond acceptors (Lipinski definition) is 4. The van der Waals surface area contributed by atoms with Gasteiger partial charge in [-0.1, -0.05) is 54.1 Å². The number of halogens is 1. The molecule has 0 radical (unpaired) electrons. The summed E-state index contributed by atoms with van der Waals surface area (Å²) in [5.74, 6) is 1.46. The van der Waals surface area contributed by atoms with Crippen molar-refractivity contribution in [2.75, 3.05) is 7.11 Å². The van der Waals surface area contributed by atoms with Crippen LogP contribution in [0.5, 0.6) is 5.75 Å². The highest BCUT2D eigenvalue weighted by Crippen LogP contribution is 2.25. The Kier molecular flexibility index (Phi) is 4.07. The first kappa shape index (κ1) is 15.6. The van der Waals surface area contributed by atoms with Crippen molar-refractivity contribution >= 4 is 22.6 Å². The molecule has 0 bridgehead atoms. The van der Waals surface area contributed by atoms with Gasteiger partial charge in [-0.3, -0.25) is 0 Å². The second kappa shape index (κ2) is 6.53. The lowest BCUT2D eigenvalue weighted by molar-refractivity contribution is 0.414. The van der Waals surface area contributed by atoms with Crippen molar-refractivity contribution in [2.45, 2.75) is 6.54 Å². The number of fused-ring (bicyclic) bond motifs is 1. The van der Waals surface area contributed by atoms with Crippen molar-refractivity contribution in [3.63, 3.8) is 0 Å². The summed E-state index contributed by atoms with van der Waals surface area (Å²) in [7, 11) is 1.65. The zero-order valence-corrected chi connectivity index (χ0v) is 14.3. The molecule has 0 aliphatic carbocycles. The highest BCUT2D eigenvalue weighted by atomic mass is 35.5. The zero-order chi connectivity index (χ0) is 17.2. The van der Waals surface area contributed by atoms with Gasteiger partial charge in [0, 0.05) is 5.56 Å². The zero-order valence-electron chi connectivity index (χ0n) is 13.6. The van der Waals surface area contributed by atoms with Crippen LogP contribution in [-0.4, -0.2) is 26.9 Å². The average Bonchev–Trinajstić information content (AvgIpc) is 2.98. The molecule has 0 aliphatic heterocycles. The number of ether oxygens (including phenoxy) is 1. The Morgan fingerprint density at radius 1 is 1.04 bits per heavy atom. The molecule has 0 saturated carbocycles. The van der Waals surface area contributed by atoms with E-state index < -0.39 is 0 Å². The Morgan fingerprint density at radius 2 is 1.80 bits per heavy atom. The third-order valence-electron chi connectivity index (χ3n) is 3.94. The van der Waals surface area contributed by atoms with E-state index in [1.165, 1.54) is 0 Å². The number of hydrogen-bond donors (Lipinski definition) is 0. The average molecular weight is 351 g/mol. The van der Waals surface area contributed by atoms with Gasteiger partial charge in [0.2, 0.25) is 0 Å². The van der Waals surface area contributed by atoms with Crippen molar-refractivity contribution in [1.82, 2.24) is 19.7 Å². The molecular formula is C19H15ClN4O. The molecule has 0 amide bonds. The van der Waals surface area contributed by atoms with Crippen LogP contribution in [0, 0.1) is 0 Å². The number of benzene rings is 2. The number of nitrogens with zero attached hydrogens (tertiary/aromatic N) is 4. The van der Waals surface area contributed by atoms with Gasteiger partial charge in [0.1, 0.15) is 16.8 Å². The summed E-state index contributed by atoms with van der Waals surface area (Å²) in [5, 5.41) is 5.02. The van der Waals surface area contributed by atoms with Crippen molar-refractivity contribution in [3.8, 4) is 17.1 Å². The molecule has 124 valence electrons. The third kappa shape index (κ3) is 3.06. The minimum atomic E-state index is 0.505. The van der Waals surface area contributed by atoms with Gasteiger partial charge in [-0.25, -0.2) is 14.6 Å². The first-order valence-electron chi connectivity index (χ1n) is 7.82. The van der Waals surface area contributed by atoms with Crippen LogP contribution in [0.4, 0.5) is 0 Å². The fraction of sp³-hybridized carbons (Fsp3) is 0.105. The molecule has 0 fully saturated rings. The molecular weight excluding hydrogens is 336 g/mol. The first-order chi connectivity index (χ1) is 12.2. The Hall–Kier alpha value is -2.92. The lowest BCUT2D eigenvalue weighted by atomic mass is 10.2. The number of methoxy groups -OCH3 is 1. The van der Waals surface area contributed by atoms with Crippen LogP contribution in [0.3, 0.4) is 0 Å². The lowest BCUT2D eigenvalue weighted by Crippen LogP contribution is -2.01. The molecule has 25 heavy (non-hydrogen) atoms. The van der Waals surface area contributed by atoms with Crippen molar-refractivity contribution in [3.05, 3.63) is 71.5 Å². The van der Waals surface area contributed by atoms with Gasteiger partial charge < -0.3 is 4.74 Å². The van der Waals surface area contributed by atoms with Gasteiger partial charge in [-0.2, -0.15) is 5.10 Å². The maximum atomic E-state index is 6.51. The Balaban J connectivity index is 1.69. The lowest BCUT2D eigenvalue weighted by Gasteiger charge is -2.04. The van der Waals surface area contributed by atoms with Gasteiger partial charge >= 0.3 is 0 Å². The van der Waals surface area contributed by atoms with E-state index >= 15 is 0 Å². The van der Waals surface area contributed by atoms with Gasteiger partial charge in [0.25, 0.3) is 0 Å². The normalized spacial score (nSPS) is 11.0. The monoisotopic (exact) mass is 350 g/mol. The van der Waals surface area contributed by atoms with Gasteiger partial charge in [0.15, 0.2) is 11.0 Å². The fourth-order valence-corrected chi connectivity index (χ4v) is 2.87. The summed E-state index contributed by atoms with van der Waals surface area (Å²) in [6.07, 6.45) is 1.71. The van der Waals surface area contributed by atoms with Crippen molar-refractivity contribution in [1.29, 1.82) is 0 Å². The predicted molar refractivity (Wildman–Crippen MR) is 97.9 cm³/mol. The van der Waals surface area contributed by atoms with E-state index in [0.717, 1.165) is 16.9 Å². The van der Waals surface area contributed by atoms with Crippen LogP contribution in [0.25, 0.3) is 22.4 Å². The maximum Gasteiger partial charge on any atom is 0.160 e. The van der Waals surface area contributed by atoms with Crippen molar-refractivity contribution < 1.29 is 4.74 Å². The molecule has 0 N–H and O–H groups in total. The first-order valence-corrected chi connectivity index (χ1v) is 8.20. The molecule has 4 aromatic rings. The summed E-state index contributed by atoms with van der Waals surface area (Å²) < 4.78 is 6.91. The van der Waals surface area contributed by atoms with Crippen molar-refractivity contribution in [2.24, 2.45) is 0 Å². The fourth-order valence-electron chi connectivity index (χ4n) is 2.63. The minimum absolute atomic E-state index is 0.505. The molecule has 0 aliphatic rings. The Morgan fingerprint density at radius 3 is 2.52 bits per heavy atom. The van der Waals surface area contributed by atoms with E-state index in [1.807, 2.05) is 54.6 Å². The van der Waals surface area contributed by atoms with E-state index in [-0.39, 0.29) is 0 Å². The van der Waals surface area contributed by atoms with E-state index in [0.29, 0.717) is 28.6 Å². The van der Waals surface area contributed by atoms with Crippen LogP contribution in [0.2, 0.25) is 5.15 Å². The summed E-state index contributed by atoms with van der Waals surface area (Å²) in [4.78, 5) is 8.99. The highest BCUT2D eigenvalue weighted by molar-refractivity contribution is 6.34. The molecule has 0 spiro atoms. The van der Waals surface area contributed by atoms with Gasteiger partial charge in [-0.15, -0.1) is 0 Å². The van der Waals surface area contributed by atoms with Crippen LogP contribution in [-0.2, 0) is 6.54 Å². The smallest absolute Gasteiger partial charge is 0.160 e. The molecule has 0 saturated heterocycles. The standard InChI is InChI=1S/C19H15ClN4O/c1-25-15-9-7-13(8-10-15)12-24-18(20)17-16(23-24)11-21-19(22-17)14-5-3-2-4-6-14/h2-11H,12H2,1H3. The highest BCUT2D eigenvalue weighted by Gasteiger charge is 2.13. The number of aromatic nitrogens is 4. The van der Waals surface area contributed by atoms with Crippen LogP contribution >= 0.6 is 11.6 Å². The second-order valence-electron chi connectivity index (χ2n) is 5.59. The third-order valence-corrected chi connectivity index (χ3v) is 4.32. The molecule has 0 atom stereocenters. The summed E-state index contributed by atoms with van der Waals surface area (Å²) >= 11 is 6.51. The van der Waals surface area contributed by atoms with Crippen LogP contribution in [0.15, 0.2) is 60.8 Å². The molecule has 2 heterocycles. The van der Waals surface area contributed by atoms with Crippen LogP contribution in [0.1, 0.15) is 5.56 Å². The maximum absolute atomic E-state index is 6.51. The quantitative estimate of drug-likeness (QED) is 0.553. The van der Waals surface area contributed by atoms with E-state index in [1.54, 1.807) is 18.0 Å². The van der Waals surface area contributed by atoms with E-state index in [9.17, 15) is 0 Å². The van der Waals surface area contributed by atoms with Gasteiger partial charge in [-0.05, 0) is 17.7 Å². The summed E-state index contributed by atoms with van der Waals surface area (Å²) in [6, 6.07) is 17.6. The molecule has 2 aromatic carbocycles. The van der Waals surface area contributed by atoms with E-state index in [4.69, 9.17) is 16.3 Å². The minimum Gasteiger partial charge on any atom is -0.497 e. The SMILES string of the molecule is COc1ccc(Cn2nc3cnc(-c4ccccc4)nc3c2Cl)cc1. The summed E-state index contributed by atoms with van der Waals surface area (Å²) in [6.45, 7) is 0.555. The second-order valence-corrected chi connectivity index (χ2v) is 5.95.